The first kappa shape index (κ1) is 12.8. The summed E-state index contributed by atoms with van der Waals surface area (Å²) in [6.45, 7) is 6.89. The minimum atomic E-state index is 0.557. The molecule has 2 atom stereocenters. The second-order valence-electron chi connectivity index (χ2n) is 5.64. The molecule has 1 saturated carbocycles. The minimum absolute atomic E-state index is 0.557. The van der Waals surface area contributed by atoms with Gasteiger partial charge in [0.25, 0.3) is 0 Å². The van der Waals surface area contributed by atoms with Gasteiger partial charge in [0.15, 0.2) is 4.77 Å². The molecule has 1 fully saturated rings. The lowest BCUT2D eigenvalue weighted by molar-refractivity contribution is 0.217. The molecule has 0 aliphatic heterocycles. The van der Waals surface area contributed by atoms with Crippen molar-refractivity contribution in [3.63, 3.8) is 0 Å². The lowest BCUT2D eigenvalue weighted by Crippen LogP contribution is -2.24. The second-order valence-corrected chi connectivity index (χ2v) is 6.02. The summed E-state index contributed by atoms with van der Waals surface area (Å²) in [4.78, 5) is 0. The number of hydrogen-bond acceptors (Lipinski definition) is 2. The fourth-order valence-electron chi connectivity index (χ4n) is 3.23. The van der Waals surface area contributed by atoms with E-state index in [1.54, 1.807) is 0 Å². The topological polar surface area (TPSA) is 33.6 Å². The Bertz CT molecular complexity index is 411. The van der Waals surface area contributed by atoms with Crippen LogP contribution in [0.4, 0.5) is 0 Å². The van der Waals surface area contributed by atoms with Gasteiger partial charge in [0.05, 0.1) is 0 Å². The van der Waals surface area contributed by atoms with Gasteiger partial charge in [-0.1, -0.05) is 20.8 Å². The molecule has 1 aliphatic carbocycles. The van der Waals surface area contributed by atoms with Crippen LogP contribution >= 0.6 is 12.2 Å². The van der Waals surface area contributed by atoms with E-state index in [0.717, 1.165) is 35.3 Å². The summed E-state index contributed by atoms with van der Waals surface area (Å²) in [5.41, 5.74) is 0. The molecule has 1 N–H and O–H groups in total. The van der Waals surface area contributed by atoms with Crippen molar-refractivity contribution in [3.05, 3.63) is 10.6 Å². The van der Waals surface area contributed by atoms with Gasteiger partial charge in [-0.2, -0.15) is 5.10 Å². The van der Waals surface area contributed by atoms with E-state index >= 15 is 0 Å². The van der Waals surface area contributed by atoms with Gasteiger partial charge in [0.1, 0.15) is 5.82 Å². The van der Waals surface area contributed by atoms with Crippen molar-refractivity contribution in [2.75, 3.05) is 0 Å². The number of nitrogens with one attached hydrogen (secondary N) is 1. The number of aromatic amines is 1. The van der Waals surface area contributed by atoms with Gasteiger partial charge in [-0.15, -0.1) is 0 Å². The molecular weight excluding hydrogens is 230 g/mol. The van der Waals surface area contributed by atoms with Crippen LogP contribution in [0.2, 0.25) is 0 Å². The molecule has 0 radical (unpaired) electrons. The lowest BCUT2D eigenvalue weighted by atomic mass is 9.80. The summed E-state index contributed by atoms with van der Waals surface area (Å²) >= 11 is 5.39. The zero-order valence-electron chi connectivity index (χ0n) is 11.1. The van der Waals surface area contributed by atoms with Crippen molar-refractivity contribution in [2.45, 2.75) is 58.9 Å². The molecule has 3 nitrogen and oxygen atoms in total. The summed E-state index contributed by atoms with van der Waals surface area (Å²) in [6.07, 6.45) is 5.98. The molecule has 0 bridgehead atoms. The first-order valence-electron chi connectivity index (χ1n) is 6.77. The zero-order chi connectivity index (χ0) is 12.4. The Balaban J connectivity index is 2.26. The highest BCUT2D eigenvalue weighted by Crippen LogP contribution is 2.36. The van der Waals surface area contributed by atoms with Crippen LogP contribution in [0.25, 0.3) is 0 Å². The monoisotopic (exact) mass is 253 g/mol. The smallest absolute Gasteiger partial charge is 0.195 e. The van der Waals surface area contributed by atoms with Crippen molar-refractivity contribution in [1.29, 1.82) is 0 Å². The molecule has 0 saturated heterocycles. The van der Waals surface area contributed by atoms with Crippen molar-refractivity contribution < 1.29 is 0 Å². The third-order valence-electron chi connectivity index (χ3n) is 3.77. The molecule has 1 aliphatic rings. The molecular formula is C13H23N3S. The summed E-state index contributed by atoms with van der Waals surface area (Å²) in [7, 11) is 0. The molecule has 17 heavy (non-hydrogen) atoms. The first-order chi connectivity index (χ1) is 8.11. The Labute approximate surface area is 109 Å². The van der Waals surface area contributed by atoms with E-state index in [4.69, 9.17) is 12.2 Å². The number of nitrogens with zero attached hydrogens (tertiary/aromatic N) is 2. The van der Waals surface area contributed by atoms with Gasteiger partial charge in [-0.25, -0.2) is 0 Å². The average Bonchev–Trinajstić information content (AvgIpc) is 2.59. The molecule has 96 valence electrons. The number of H-pyrrole nitrogens is 1. The lowest BCUT2D eigenvalue weighted by Gasteiger charge is -2.32. The van der Waals surface area contributed by atoms with Crippen molar-refractivity contribution in [1.82, 2.24) is 14.8 Å². The standard InChI is InChI=1S/C13H23N3S/c1-4-5-12-14-15-13(17)16(12)11-7-9(2)6-10(3)8-11/h9-11H,4-8H2,1-3H3,(H,15,17). The quantitative estimate of drug-likeness (QED) is 0.829. The highest BCUT2D eigenvalue weighted by Gasteiger charge is 2.27. The van der Waals surface area contributed by atoms with Crippen LogP contribution in [0.5, 0.6) is 0 Å². The number of aromatic nitrogens is 3. The second kappa shape index (κ2) is 5.34. The van der Waals surface area contributed by atoms with Gasteiger partial charge in [0, 0.05) is 12.5 Å². The van der Waals surface area contributed by atoms with Crippen molar-refractivity contribution in [3.8, 4) is 0 Å². The number of hydrogen-bond donors (Lipinski definition) is 1. The summed E-state index contributed by atoms with van der Waals surface area (Å²) in [5, 5.41) is 7.34. The molecule has 2 rings (SSSR count). The van der Waals surface area contributed by atoms with E-state index in [1.165, 1.54) is 19.3 Å². The third kappa shape index (κ3) is 2.79. The summed E-state index contributed by atoms with van der Waals surface area (Å²) in [5.74, 6) is 2.74. The largest absolute Gasteiger partial charge is 0.301 e. The Morgan fingerprint density at radius 3 is 2.53 bits per heavy atom. The van der Waals surface area contributed by atoms with Gasteiger partial charge in [0.2, 0.25) is 0 Å². The Morgan fingerprint density at radius 1 is 1.29 bits per heavy atom. The van der Waals surface area contributed by atoms with Crippen molar-refractivity contribution in [2.24, 2.45) is 11.8 Å². The predicted molar refractivity (Wildman–Crippen MR) is 72.6 cm³/mol. The maximum Gasteiger partial charge on any atom is 0.195 e. The van der Waals surface area contributed by atoms with Crippen LogP contribution in [0.1, 0.15) is 58.3 Å². The molecule has 0 aromatic carbocycles. The van der Waals surface area contributed by atoms with Crippen LogP contribution in [-0.4, -0.2) is 14.8 Å². The molecule has 1 aromatic rings. The zero-order valence-corrected chi connectivity index (χ0v) is 11.9. The Hall–Kier alpha value is -0.640. The fraction of sp³-hybridized carbons (Fsp3) is 0.846. The Kier molecular flexibility index (Phi) is 4.02. The average molecular weight is 253 g/mol. The van der Waals surface area contributed by atoms with Gasteiger partial charge < -0.3 is 4.57 Å². The van der Waals surface area contributed by atoms with Crippen LogP contribution < -0.4 is 0 Å². The number of rotatable bonds is 3. The van der Waals surface area contributed by atoms with Crippen LogP contribution in [-0.2, 0) is 6.42 Å². The third-order valence-corrected chi connectivity index (χ3v) is 4.06. The minimum Gasteiger partial charge on any atom is -0.301 e. The first-order valence-corrected chi connectivity index (χ1v) is 7.18. The van der Waals surface area contributed by atoms with Crippen LogP contribution in [0, 0.1) is 16.6 Å². The SMILES string of the molecule is CCCc1n[nH]c(=S)n1C1CC(C)CC(C)C1. The van der Waals surface area contributed by atoms with E-state index in [0.29, 0.717) is 6.04 Å². The maximum absolute atomic E-state index is 5.39. The summed E-state index contributed by atoms with van der Waals surface area (Å²) < 4.78 is 3.09. The molecule has 4 heteroatoms. The Morgan fingerprint density at radius 2 is 1.94 bits per heavy atom. The normalized spacial score (nSPS) is 29.5. The number of aryl methyl sites for hydroxylation is 1. The molecule has 0 spiro atoms. The van der Waals surface area contributed by atoms with Crippen molar-refractivity contribution >= 4 is 12.2 Å². The highest BCUT2D eigenvalue weighted by molar-refractivity contribution is 7.71. The summed E-state index contributed by atoms with van der Waals surface area (Å²) in [6, 6.07) is 0.557. The maximum atomic E-state index is 5.39. The molecule has 1 heterocycles. The van der Waals surface area contributed by atoms with Gasteiger partial charge in [-0.3, -0.25) is 5.10 Å². The van der Waals surface area contributed by atoms with Gasteiger partial charge >= 0.3 is 0 Å². The van der Waals surface area contributed by atoms with E-state index in [9.17, 15) is 0 Å². The van der Waals surface area contributed by atoms with E-state index in [1.807, 2.05) is 0 Å². The highest BCUT2D eigenvalue weighted by atomic mass is 32.1. The van der Waals surface area contributed by atoms with Crippen LogP contribution in [0.15, 0.2) is 0 Å². The fourth-order valence-corrected chi connectivity index (χ4v) is 3.53. The van der Waals surface area contributed by atoms with Crippen LogP contribution in [0.3, 0.4) is 0 Å². The molecule has 1 aromatic heterocycles. The molecule has 0 amide bonds. The van der Waals surface area contributed by atoms with E-state index in [-0.39, 0.29) is 0 Å². The van der Waals surface area contributed by atoms with Gasteiger partial charge in [-0.05, 0) is 49.7 Å². The predicted octanol–water partition coefficient (Wildman–Crippen LogP) is 3.89. The van der Waals surface area contributed by atoms with E-state index < -0.39 is 0 Å². The van der Waals surface area contributed by atoms with E-state index in [2.05, 4.69) is 35.5 Å². The molecule has 2 unspecified atom stereocenters.